The van der Waals surface area contributed by atoms with Gasteiger partial charge in [-0.15, -0.1) is 0 Å². The van der Waals surface area contributed by atoms with E-state index >= 15 is 0 Å². The van der Waals surface area contributed by atoms with E-state index in [1.165, 1.54) is 12.5 Å². The van der Waals surface area contributed by atoms with Crippen LogP contribution >= 0.6 is 0 Å². The van der Waals surface area contributed by atoms with Gasteiger partial charge >= 0.3 is 0 Å². The molecule has 2 nitrogen and oxygen atoms in total. The molecule has 0 N–H and O–H groups in total. The van der Waals surface area contributed by atoms with E-state index < -0.39 is 11.3 Å². The van der Waals surface area contributed by atoms with Gasteiger partial charge in [0.1, 0.15) is 11.3 Å². The molecule has 0 bridgehead atoms. The Labute approximate surface area is 185 Å². The number of aryl methyl sites for hydroxylation is 1. The zero-order chi connectivity index (χ0) is 22.3. The van der Waals surface area contributed by atoms with Crippen LogP contribution in [0.5, 0.6) is 0 Å². The molecule has 0 aromatic heterocycles. The summed E-state index contributed by atoms with van der Waals surface area (Å²) in [5.74, 6) is 0. The number of benzene rings is 2. The molecular weight excluding hydrogens is 390 g/mol. The Morgan fingerprint density at radius 3 is 2.10 bits per heavy atom. The average Bonchev–Trinajstić information content (AvgIpc) is 3.69. The van der Waals surface area contributed by atoms with Crippen LogP contribution in [0.4, 0.5) is 8.78 Å². The standard InChI is InChI=1S/C25H31F2N.C2H3N/c1-2-16-28(19-21-7-4-3-5-8-21)17-6-9-20-10-11-22(24(26)12-13-24)23(18-20)25(27)14-15-25;1-2-3/h3-5,7-8,10-11,18H,2,6,9,12-17,19H2,1H3;1H3. The van der Waals surface area contributed by atoms with Crippen molar-refractivity contribution in [2.75, 3.05) is 13.1 Å². The number of alkyl halides is 2. The second-order valence-corrected chi connectivity index (χ2v) is 8.90. The fourth-order valence-electron chi connectivity index (χ4n) is 4.20. The molecule has 4 heteroatoms. The van der Waals surface area contributed by atoms with Gasteiger partial charge in [-0.25, -0.2) is 8.78 Å². The molecule has 0 saturated heterocycles. The number of nitrogens with zero attached hydrogens (tertiary/aromatic N) is 2. The highest BCUT2D eigenvalue weighted by molar-refractivity contribution is 5.44. The summed E-state index contributed by atoms with van der Waals surface area (Å²) in [5.41, 5.74) is 1.21. The molecule has 2 fully saturated rings. The number of halogens is 2. The third kappa shape index (κ3) is 6.37. The minimum Gasteiger partial charge on any atom is -0.299 e. The molecular formula is C27H34F2N2. The molecule has 0 spiro atoms. The lowest BCUT2D eigenvalue weighted by atomic mass is 9.93. The van der Waals surface area contributed by atoms with Gasteiger partial charge in [-0.3, -0.25) is 4.90 Å². The van der Waals surface area contributed by atoms with E-state index in [0.717, 1.165) is 44.5 Å². The van der Waals surface area contributed by atoms with Crippen molar-refractivity contribution in [3.05, 3.63) is 70.8 Å². The minimum atomic E-state index is -1.27. The van der Waals surface area contributed by atoms with E-state index in [4.69, 9.17) is 5.26 Å². The van der Waals surface area contributed by atoms with E-state index in [1.54, 1.807) is 6.07 Å². The molecule has 166 valence electrons. The van der Waals surface area contributed by atoms with Crippen molar-refractivity contribution in [2.45, 2.75) is 76.7 Å². The Bertz CT molecular complexity index is 880. The summed E-state index contributed by atoms with van der Waals surface area (Å²) >= 11 is 0. The Kier molecular flexibility index (Phi) is 7.84. The number of hydrogen-bond donors (Lipinski definition) is 0. The van der Waals surface area contributed by atoms with E-state index in [-0.39, 0.29) is 0 Å². The monoisotopic (exact) mass is 424 g/mol. The third-order valence-electron chi connectivity index (χ3n) is 6.16. The number of hydrogen-bond acceptors (Lipinski definition) is 2. The second kappa shape index (κ2) is 10.4. The summed E-state index contributed by atoms with van der Waals surface area (Å²) in [6, 6.07) is 18.2. The SMILES string of the molecule is CC#N.CCCN(CCCc1ccc(C2(F)CC2)c(C2(F)CC2)c1)Cc1ccccc1. The van der Waals surface area contributed by atoms with Crippen LogP contribution < -0.4 is 0 Å². The third-order valence-corrected chi connectivity index (χ3v) is 6.16. The Hall–Kier alpha value is -2.25. The highest BCUT2D eigenvalue weighted by Gasteiger charge is 2.53. The fourth-order valence-corrected chi connectivity index (χ4v) is 4.20. The molecule has 2 aliphatic carbocycles. The topological polar surface area (TPSA) is 27.0 Å². The molecule has 2 aromatic rings. The smallest absolute Gasteiger partial charge is 0.136 e. The van der Waals surface area contributed by atoms with Crippen molar-refractivity contribution < 1.29 is 8.78 Å². The lowest BCUT2D eigenvalue weighted by molar-refractivity contribution is 0.262. The first-order valence-corrected chi connectivity index (χ1v) is 11.5. The van der Waals surface area contributed by atoms with Gasteiger partial charge in [0.05, 0.1) is 6.07 Å². The molecule has 0 unspecified atom stereocenters. The van der Waals surface area contributed by atoms with Crippen LogP contribution in [0, 0.1) is 11.3 Å². The van der Waals surface area contributed by atoms with Crippen molar-refractivity contribution in [1.29, 1.82) is 5.26 Å². The molecule has 0 aliphatic heterocycles. The number of rotatable bonds is 10. The molecule has 31 heavy (non-hydrogen) atoms. The van der Waals surface area contributed by atoms with Crippen molar-refractivity contribution in [2.24, 2.45) is 0 Å². The van der Waals surface area contributed by atoms with Crippen LogP contribution in [0.3, 0.4) is 0 Å². The quantitative estimate of drug-likeness (QED) is 0.411. The molecule has 0 atom stereocenters. The zero-order valence-electron chi connectivity index (χ0n) is 18.8. The van der Waals surface area contributed by atoms with E-state index in [1.807, 2.05) is 18.2 Å². The van der Waals surface area contributed by atoms with Gasteiger partial charge in [0.25, 0.3) is 0 Å². The number of nitriles is 1. The molecule has 0 heterocycles. The molecule has 4 rings (SSSR count). The highest BCUT2D eigenvalue weighted by atomic mass is 19.1. The van der Waals surface area contributed by atoms with Gasteiger partial charge in [-0.1, -0.05) is 55.5 Å². The average molecular weight is 425 g/mol. The van der Waals surface area contributed by atoms with Crippen LogP contribution in [0.2, 0.25) is 0 Å². The Morgan fingerprint density at radius 2 is 1.52 bits per heavy atom. The lowest BCUT2D eigenvalue weighted by Crippen LogP contribution is -2.25. The van der Waals surface area contributed by atoms with Gasteiger partial charge in [0, 0.05) is 13.5 Å². The van der Waals surface area contributed by atoms with Crippen LogP contribution in [-0.4, -0.2) is 18.0 Å². The Morgan fingerprint density at radius 1 is 0.903 bits per heavy atom. The maximum absolute atomic E-state index is 14.8. The van der Waals surface area contributed by atoms with Crippen LogP contribution in [0.15, 0.2) is 48.5 Å². The minimum absolute atomic E-state index is 0.543. The van der Waals surface area contributed by atoms with Gasteiger partial charge in [-0.05, 0) is 80.3 Å². The van der Waals surface area contributed by atoms with Crippen molar-refractivity contribution in [3.8, 4) is 6.07 Å². The van der Waals surface area contributed by atoms with Gasteiger partial charge in [0.15, 0.2) is 0 Å². The fraction of sp³-hybridized carbons (Fsp3) is 0.519. The molecule has 0 amide bonds. The zero-order valence-corrected chi connectivity index (χ0v) is 18.8. The van der Waals surface area contributed by atoms with Crippen LogP contribution in [-0.2, 0) is 24.3 Å². The van der Waals surface area contributed by atoms with Gasteiger partial charge in [0.2, 0.25) is 0 Å². The first-order valence-electron chi connectivity index (χ1n) is 11.5. The first kappa shape index (κ1) is 23.4. The normalized spacial score (nSPS) is 17.4. The van der Waals surface area contributed by atoms with Crippen LogP contribution in [0.25, 0.3) is 0 Å². The van der Waals surface area contributed by atoms with E-state index in [2.05, 4.69) is 42.2 Å². The molecule has 2 aromatic carbocycles. The Balaban J connectivity index is 0.000000858. The van der Waals surface area contributed by atoms with Gasteiger partial charge < -0.3 is 0 Å². The summed E-state index contributed by atoms with van der Waals surface area (Å²) in [6.45, 7) is 6.71. The maximum atomic E-state index is 14.8. The van der Waals surface area contributed by atoms with Crippen molar-refractivity contribution >= 4 is 0 Å². The van der Waals surface area contributed by atoms with E-state index in [0.29, 0.717) is 36.8 Å². The summed E-state index contributed by atoms with van der Waals surface area (Å²) < 4.78 is 29.5. The van der Waals surface area contributed by atoms with Gasteiger partial charge in [-0.2, -0.15) is 5.26 Å². The predicted molar refractivity (Wildman–Crippen MR) is 122 cm³/mol. The van der Waals surface area contributed by atoms with Crippen molar-refractivity contribution in [3.63, 3.8) is 0 Å². The first-order chi connectivity index (χ1) is 14.9. The summed E-state index contributed by atoms with van der Waals surface area (Å²) in [4.78, 5) is 2.49. The van der Waals surface area contributed by atoms with Crippen molar-refractivity contribution in [1.82, 2.24) is 4.90 Å². The maximum Gasteiger partial charge on any atom is 0.136 e. The highest BCUT2D eigenvalue weighted by Crippen LogP contribution is 2.58. The molecule has 2 saturated carbocycles. The lowest BCUT2D eigenvalue weighted by Gasteiger charge is -2.22. The van der Waals surface area contributed by atoms with Crippen LogP contribution in [0.1, 0.15) is 74.6 Å². The largest absolute Gasteiger partial charge is 0.299 e. The molecule has 0 radical (unpaired) electrons. The summed E-state index contributed by atoms with van der Waals surface area (Å²) in [6.07, 6.45) is 5.25. The second-order valence-electron chi connectivity index (χ2n) is 8.90. The summed E-state index contributed by atoms with van der Waals surface area (Å²) in [5, 5.41) is 7.32. The summed E-state index contributed by atoms with van der Waals surface area (Å²) in [7, 11) is 0. The predicted octanol–water partition coefficient (Wildman–Crippen LogP) is 6.98. The molecule has 2 aliphatic rings. The van der Waals surface area contributed by atoms with E-state index in [9.17, 15) is 8.78 Å².